The van der Waals surface area contributed by atoms with Gasteiger partial charge in [0.25, 0.3) is 0 Å². The van der Waals surface area contributed by atoms with Gasteiger partial charge in [0.2, 0.25) is 0 Å². The molecule has 0 radical (unpaired) electrons. The maximum absolute atomic E-state index is 3.51. The van der Waals surface area contributed by atoms with Gasteiger partial charge in [0, 0.05) is 6.04 Å². The van der Waals surface area contributed by atoms with Gasteiger partial charge >= 0.3 is 0 Å². The average Bonchev–Trinajstić information content (AvgIpc) is 2.37. The molecule has 1 N–H and O–H groups in total. The van der Waals surface area contributed by atoms with Crippen LogP contribution in [0, 0.1) is 5.92 Å². The fourth-order valence-electron chi connectivity index (χ4n) is 1.48. The highest BCUT2D eigenvalue weighted by molar-refractivity contribution is 4.77. The van der Waals surface area contributed by atoms with Crippen LogP contribution < -0.4 is 5.32 Å². The Morgan fingerprint density at radius 2 is 2.30 bits per heavy atom. The lowest BCUT2D eigenvalue weighted by atomic mass is 9.98. The predicted octanol–water partition coefficient (Wildman–Crippen LogP) is 2.42. The smallest absolute Gasteiger partial charge is 0.00930 e. The molecule has 1 nitrogen and oxygen atoms in total. The van der Waals surface area contributed by atoms with Crippen LogP contribution >= 0.6 is 0 Å². The Hall–Kier alpha value is -0.0400. The highest BCUT2D eigenvalue weighted by Gasteiger charge is 2.18. The second-order valence-electron chi connectivity index (χ2n) is 3.09. The Balaban J connectivity index is 0.000000810. The molecule has 0 spiro atoms. The topological polar surface area (TPSA) is 12.0 Å². The quantitative estimate of drug-likeness (QED) is 0.626. The van der Waals surface area contributed by atoms with Crippen molar-refractivity contribution in [1.29, 1.82) is 0 Å². The summed E-state index contributed by atoms with van der Waals surface area (Å²) in [5.74, 6) is 0.882. The van der Waals surface area contributed by atoms with Gasteiger partial charge in [-0.3, -0.25) is 0 Å². The molecule has 1 aliphatic heterocycles. The molecule has 1 saturated heterocycles. The van der Waals surface area contributed by atoms with Crippen molar-refractivity contribution in [3.8, 4) is 0 Å². The fraction of sp³-hybridized carbons (Fsp3) is 1.00. The second-order valence-corrected chi connectivity index (χ2v) is 3.09. The lowest BCUT2D eigenvalue weighted by Gasteiger charge is -2.16. The van der Waals surface area contributed by atoms with Gasteiger partial charge in [0.1, 0.15) is 0 Å². The van der Waals surface area contributed by atoms with Gasteiger partial charge in [-0.25, -0.2) is 0 Å². The van der Waals surface area contributed by atoms with Crippen molar-refractivity contribution in [2.45, 2.75) is 46.6 Å². The van der Waals surface area contributed by atoms with Crippen molar-refractivity contribution in [2.75, 3.05) is 6.54 Å². The van der Waals surface area contributed by atoms with Crippen LogP contribution in [0.1, 0.15) is 40.5 Å². The first kappa shape index (κ1) is 9.96. The van der Waals surface area contributed by atoms with Crippen LogP contribution in [-0.2, 0) is 0 Å². The van der Waals surface area contributed by atoms with E-state index in [0.717, 1.165) is 12.0 Å². The molecule has 0 amide bonds. The molecule has 0 aromatic carbocycles. The largest absolute Gasteiger partial charge is 0.314 e. The third kappa shape index (κ3) is 2.30. The zero-order valence-electron chi connectivity index (χ0n) is 6.48. The van der Waals surface area contributed by atoms with Gasteiger partial charge in [-0.15, -0.1) is 0 Å². The minimum atomic E-state index is 0. The first-order chi connectivity index (χ1) is 4.34. The molecule has 10 heavy (non-hydrogen) atoms. The molecule has 1 heterocycles. The Bertz CT molecular complexity index is 74.8. The SMILES string of the molecule is C.CCC(C)C1CCCN1. The summed E-state index contributed by atoms with van der Waals surface area (Å²) < 4.78 is 0. The number of rotatable bonds is 2. The molecular weight excluding hydrogens is 122 g/mol. The van der Waals surface area contributed by atoms with Crippen molar-refractivity contribution in [3.63, 3.8) is 0 Å². The highest BCUT2D eigenvalue weighted by atomic mass is 14.9. The van der Waals surface area contributed by atoms with Crippen LogP contribution in [0.2, 0.25) is 0 Å². The van der Waals surface area contributed by atoms with E-state index in [1.807, 2.05) is 0 Å². The molecule has 1 rings (SSSR count). The number of nitrogens with one attached hydrogen (secondary N) is 1. The van der Waals surface area contributed by atoms with Gasteiger partial charge in [-0.05, 0) is 25.3 Å². The predicted molar refractivity (Wildman–Crippen MR) is 47.2 cm³/mol. The van der Waals surface area contributed by atoms with E-state index in [2.05, 4.69) is 19.2 Å². The number of hydrogen-bond donors (Lipinski definition) is 1. The van der Waals surface area contributed by atoms with E-state index in [1.165, 1.54) is 25.8 Å². The Morgan fingerprint density at radius 1 is 1.60 bits per heavy atom. The molecule has 1 aliphatic rings. The Kier molecular flexibility index (Phi) is 4.71. The summed E-state index contributed by atoms with van der Waals surface area (Å²) in [6, 6.07) is 0.829. The van der Waals surface area contributed by atoms with E-state index in [1.54, 1.807) is 0 Å². The van der Waals surface area contributed by atoms with E-state index in [0.29, 0.717) is 0 Å². The summed E-state index contributed by atoms with van der Waals surface area (Å²) in [4.78, 5) is 0. The van der Waals surface area contributed by atoms with E-state index < -0.39 is 0 Å². The Morgan fingerprint density at radius 3 is 2.70 bits per heavy atom. The molecule has 0 aromatic heterocycles. The molecule has 0 saturated carbocycles. The molecule has 2 atom stereocenters. The van der Waals surface area contributed by atoms with Crippen LogP contribution in [0.5, 0.6) is 0 Å². The molecule has 1 fully saturated rings. The minimum Gasteiger partial charge on any atom is -0.314 e. The molecule has 62 valence electrons. The van der Waals surface area contributed by atoms with Gasteiger partial charge in [0.15, 0.2) is 0 Å². The lowest BCUT2D eigenvalue weighted by molar-refractivity contribution is 0.409. The minimum absolute atomic E-state index is 0. The fourth-order valence-corrected chi connectivity index (χ4v) is 1.48. The number of hydrogen-bond acceptors (Lipinski definition) is 1. The third-order valence-corrected chi connectivity index (χ3v) is 2.43. The zero-order chi connectivity index (χ0) is 6.69. The second kappa shape index (κ2) is 4.73. The van der Waals surface area contributed by atoms with E-state index in [4.69, 9.17) is 0 Å². The molecule has 0 bridgehead atoms. The van der Waals surface area contributed by atoms with Crippen molar-refractivity contribution in [1.82, 2.24) is 5.32 Å². The van der Waals surface area contributed by atoms with Crippen LogP contribution in [0.3, 0.4) is 0 Å². The monoisotopic (exact) mass is 143 g/mol. The maximum Gasteiger partial charge on any atom is 0.00930 e. The van der Waals surface area contributed by atoms with Crippen molar-refractivity contribution in [2.24, 2.45) is 5.92 Å². The molecule has 2 unspecified atom stereocenters. The summed E-state index contributed by atoms with van der Waals surface area (Å²) in [6.45, 7) is 5.85. The first-order valence-corrected chi connectivity index (χ1v) is 4.08. The first-order valence-electron chi connectivity index (χ1n) is 4.08. The molecular formula is C9H21N. The zero-order valence-corrected chi connectivity index (χ0v) is 6.48. The van der Waals surface area contributed by atoms with Crippen LogP contribution in [0.15, 0.2) is 0 Å². The maximum atomic E-state index is 3.51. The average molecular weight is 143 g/mol. The normalized spacial score (nSPS) is 27.6. The summed E-state index contributed by atoms with van der Waals surface area (Å²) >= 11 is 0. The standard InChI is InChI=1S/C8H17N.CH4/c1-3-7(2)8-5-4-6-9-8;/h7-9H,3-6H2,1-2H3;1H4. The Labute approximate surface area is 65.2 Å². The van der Waals surface area contributed by atoms with Gasteiger partial charge in [-0.1, -0.05) is 27.7 Å². The summed E-state index contributed by atoms with van der Waals surface area (Å²) in [5, 5.41) is 3.51. The van der Waals surface area contributed by atoms with E-state index in [9.17, 15) is 0 Å². The lowest BCUT2D eigenvalue weighted by Crippen LogP contribution is -2.27. The van der Waals surface area contributed by atoms with Crippen LogP contribution in [0.4, 0.5) is 0 Å². The van der Waals surface area contributed by atoms with E-state index in [-0.39, 0.29) is 7.43 Å². The van der Waals surface area contributed by atoms with Gasteiger partial charge in [0.05, 0.1) is 0 Å². The van der Waals surface area contributed by atoms with Gasteiger partial charge in [-0.2, -0.15) is 0 Å². The summed E-state index contributed by atoms with van der Waals surface area (Å²) in [6.07, 6.45) is 4.10. The van der Waals surface area contributed by atoms with Crippen molar-refractivity contribution in [3.05, 3.63) is 0 Å². The summed E-state index contributed by atoms with van der Waals surface area (Å²) in [5.41, 5.74) is 0. The molecule has 1 heteroatoms. The molecule has 0 aliphatic carbocycles. The highest BCUT2D eigenvalue weighted by Crippen LogP contribution is 2.16. The van der Waals surface area contributed by atoms with Crippen molar-refractivity contribution >= 4 is 0 Å². The van der Waals surface area contributed by atoms with Crippen LogP contribution in [-0.4, -0.2) is 12.6 Å². The van der Waals surface area contributed by atoms with Crippen molar-refractivity contribution < 1.29 is 0 Å². The van der Waals surface area contributed by atoms with E-state index >= 15 is 0 Å². The summed E-state index contributed by atoms with van der Waals surface area (Å²) in [7, 11) is 0. The molecule has 0 aromatic rings. The third-order valence-electron chi connectivity index (χ3n) is 2.43. The van der Waals surface area contributed by atoms with Crippen LogP contribution in [0.25, 0.3) is 0 Å². The van der Waals surface area contributed by atoms with Gasteiger partial charge < -0.3 is 5.32 Å².